The molecule has 1 saturated carbocycles. The summed E-state index contributed by atoms with van der Waals surface area (Å²) < 4.78 is 37.6. The van der Waals surface area contributed by atoms with Crippen LogP contribution in [0.5, 0.6) is 0 Å². The third-order valence-electron chi connectivity index (χ3n) is 4.66. The molecule has 0 saturated heterocycles. The third kappa shape index (κ3) is 4.22. The largest absolute Gasteiger partial charge is 0.416 e. The lowest BCUT2D eigenvalue weighted by atomic mass is 9.89. The Morgan fingerprint density at radius 3 is 2.38 bits per heavy atom. The number of halogens is 3. The van der Waals surface area contributed by atoms with Gasteiger partial charge in [0.2, 0.25) is 0 Å². The first kappa shape index (κ1) is 16.3. The van der Waals surface area contributed by atoms with Crippen LogP contribution in [0.4, 0.5) is 13.2 Å². The van der Waals surface area contributed by atoms with Gasteiger partial charge in [-0.15, -0.1) is 0 Å². The molecule has 3 atom stereocenters. The first-order chi connectivity index (χ1) is 9.91. The number of nitrogens with one attached hydrogen (secondary N) is 1. The minimum absolute atomic E-state index is 0.560. The van der Waals surface area contributed by atoms with Gasteiger partial charge in [0.15, 0.2) is 0 Å². The van der Waals surface area contributed by atoms with Gasteiger partial charge in [-0.25, -0.2) is 0 Å². The Kier molecular flexibility index (Phi) is 5.31. The molecule has 1 aliphatic carbocycles. The summed E-state index contributed by atoms with van der Waals surface area (Å²) >= 11 is 0. The molecule has 0 heterocycles. The Bertz CT molecular complexity index is 438. The van der Waals surface area contributed by atoms with Crippen LogP contribution < -0.4 is 5.32 Å². The van der Waals surface area contributed by atoms with Gasteiger partial charge >= 0.3 is 6.18 Å². The van der Waals surface area contributed by atoms with E-state index in [-0.39, 0.29) is 0 Å². The van der Waals surface area contributed by atoms with Gasteiger partial charge in [0, 0.05) is 6.04 Å². The summed E-state index contributed by atoms with van der Waals surface area (Å²) in [5.41, 5.74) is 0.448. The van der Waals surface area contributed by atoms with E-state index in [1.54, 1.807) is 12.1 Å². The maximum atomic E-state index is 12.5. The highest BCUT2D eigenvalue weighted by atomic mass is 19.4. The predicted molar refractivity (Wildman–Crippen MR) is 79.1 cm³/mol. The van der Waals surface area contributed by atoms with Crippen LogP contribution in [-0.4, -0.2) is 12.6 Å². The zero-order valence-electron chi connectivity index (χ0n) is 12.7. The van der Waals surface area contributed by atoms with E-state index >= 15 is 0 Å². The molecule has 1 fully saturated rings. The fourth-order valence-electron chi connectivity index (χ4n) is 3.29. The monoisotopic (exact) mass is 299 g/mol. The molecule has 2 rings (SSSR count). The molecule has 4 heteroatoms. The SMILES string of the molecule is CCCNC1CCC(Cc2ccc(C(F)(F)F)cc2)C1C. The molecule has 0 amide bonds. The fraction of sp³-hybridized carbons (Fsp3) is 0.647. The third-order valence-corrected chi connectivity index (χ3v) is 4.66. The number of alkyl halides is 3. The minimum Gasteiger partial charge on any atom is -0.314 e. The lowest BCUT2D eigenvalue weighted by Gasteiger charge is -2.22. The lowest BCUT2D eigenvalue weighted by Crippen LogP contribution is -2.33. The first-order valence-electron chi connectivity index (χ1n) is 7.81. The van der Waals surface area contributed by atoms with Crippen molar-refractivity contribution in [1.82, 2.24) is 5.32 Å². The summed E-state index contributed by atoms with van der Waals surface area (Å²) in [4.78, 5) is 0. The van der Waals surface area contributed by atoms with Gasteiger partial charge < -0.3 is 5.32 Å². The molecule has 0 aromatic heterocycles. The average molecular weight is 299 g/mol. The van der Waals surface area contributed by atoms with Gasteiger partial charge in [-0.3, -0.25) is 0 Å². The molecule has 1 aromatic carbocycles. The van der Waals surface area contributed by atoms with Crippen LogP contribution in [0.3, 0.4) is 0 Å². The summed E-state index contributed by atoms with van der Waals surface area (Å²) in [6, 6.07) is 6.21. The second kappa shape index (κ2) is 6.82. The van der Waals surface area contributed by atoms with Crippen LogP contribution in [0.2, 0.25) is 0 Å². The maximum Gasteiger partial charge on any atom is 0.416 e. The molecule has 1 aromatic rings. The van der Waals surface area contributed by atoms with Crippen LogP contribution in [-0.2, 0) is 12.6 Å². The quantitative estimate of drug-likeness (QED) is 0.833. The summed E-state index contributed by atoms with van der Waals surface area (Å²) in [7, 11) is 0. The molecule has 1 aliphatic rings. The van der Waals surface area contributed by atoms with Gasteiger partial charge in [-0.2, -0.15) is 13.2 Å². The van der Waals surface area contributed by atoms with Crippen molar-refractivity contribution in [3.63, 3.8) is 0 Å². The van der Waals surface area contributed by atoms with Gasteiger partial charge in [-0.05, 0) is 61.8 Å². The number of hydrogen-bond acceptors (Lipinski definition) is 1. The highest BCUT2D eigenvalue weighted by Crippen LogP contribution is 2.35. The van der Waals surface area contributed by atoms with E-state index in [9.17, 15) is 13.2 Å². The molecule has 118 valence electrons. The zero-order chi connectivity index (χ0) is 15.5. The van der Waals surface area contributed by atoms with E-state index in [1.165, 1.54) is 18.6 Å². The molecule has 1 nitrogen and oxygen atoms in total. The van der Waals surface area contributed by atoms with Crippen LogP contribution in [0.15, 0.2) is 24.3 Å². The van der Waals surface area contributed by atoms with E-state index in [4.69, 9.17) is 0 Å². The van der Waals surface area contributed by atoms with Crippen molar-refractivity contribution in [2.75, 3.05) is 6.54 Å². The van der Waals surface area contributed by atoms with Crippen LogP contribution in [0.25, 0.3) is 0 Å². The average Bonchev–Trinajstić information content (AvgIpc) is 2.77. The van der Waals surface area contributed by atoms with Crippen LogP contribution >= 0.6 is 0 Å². The van der Waals surface area contributed by atoms with E-state index in [0.717, 1.165) is 31.4 Å². The van der Waals surface area contributed by atoms with E-state index in [2.05, 4.69) is 19.2 Å². The Morgan fingerprint density at radius 2 is 1.81 bits per heavy atom. The van der Waals surface area contributed by atoms with Crippen molar-refractivity contribution in [1.29, 1.82) is 0 Å². The van der Waals surface area contributed by atoms with Crippen molar-refractivity contribution >= 4 is 0 Å². The second-order valence-electron chi connectivity index (χ2n) is 6.16. The predicted octanol–water partition coefficient (Wildman–Crippen LogP) is 4.66. The van der Waals surface area contributed by atoms with Gasteiger partial charge in [0.25, 0.3) is 0 Å². The fourth-order valence-corrected chi connectivity index (χ4v) is 3.29. The van der Waals surface area contributed by atoms with Crippen molar-refractivity contribution in [2.45, 2.75) is 51.7 Å². The van der Waals surface area contributed by atoms with Crippen LogP contribution in [0, 0.1) is 11.8 Å². The molecule has 21 heavy (non-hydrogen) atoms. The van der Waals surface area contributed by atoms with E-state index < -0.39 is 11.7 Å². The molecule has 1 N–H and O–H groups in total. The Labute approximate surface area is 124 Å². The number of rotatable bonds is 5. The van der Waals surface area contributed by atoms with Crippen molar-refractivity contribution in [3.8, 4) is 0 Å². The highest BCUT2D eigenvalue weighted by Gasteiger charge is 2.33. The zero-order valence-corrected chi connectivity index (χ0v) is 12.7. The summed E-state index contributed by atoms with van der Waals surface area (Å²) in [6.07, 6.45) is 0.0980. The van der Waals surface area contributed by atoms with E-state index in [1.807, 2.05) is 0 Å². The summed E-state index contributed by atoms with van der Waals surface area (Å²) in [5.74, 6) is 1.15. The van der Waals surface area contributed by atoms with Crippen molar-refractivity contribution in [2.24, 2.45) is 11.8 Å². The van der Waals surface area contributed by atoms with Gasteiger partial charge in [-0.1, -0.05) is 26.0 Å². The topological polar surface area (TPSA) is 12.0 Å². The maximum absolute atomic E-state index is 12.5. The standard InChI is InChI=1S/C17H24F3N/c1-3-10-21-16-9-6-14(12(16)2)11-13-4-7-15(8-5-13)17(18,19)20/h4-5,7-8,12,14,16,21H,3,6,9-11H2,1-2H3. The molecule has 0 bridgehead atoms. The normalized spacial score (nSPS) is 26.2. The molecule has 3 unspecified atom stereocenters. The second-order valence-corrected chi connectivity index (χ2v) is 6.16. The smallest absolute Gasteiger partial charge is 0.314 e. The Hall–Kier alpha value is -1.03. The van der Waals surface area contributed by atoms with Gasteiger partial charge in [0.1, 0.15) is 0 Å². The molecular formula is C17H24F3N. The highest BCUT2D eigenvalue weighted by molar-refractivity contribution is 5.25. The van der Waals surface area contributed by atoms with Crippen molar-refractivity contribution < 1.29 is 13.2 Å². The Morgan fingerprint density at radius 1 is 1.14 bits per heavy atom. The molecule has 0 aliphatic heterocycles. The molecule has 0 spiro atoms. The number of benzene rings is 1. The van der Waals surface area contributed by atoms with E-state index in [0.29, 0.717) is 17.9 Å². The summed E-state index contributed by atoms with van der Waals surface area (Å²) in [5, 5.41) is 3.58. The lowest BCUT2D eigenvalue weighted by molar-refractivity contribution is -0.137. The first-order valence-corrected chi connectivity index (χ1v) is 7.81. The van der Waals surface area contributed by atoms with Crippen molar-refractivity contribution in [3.05, 3.63) is 35.4 Å². The molecule has 0 radical (unpaired) electrons. The van der Waals surface area contributed by atoms with Gasteiger partial charge in [0.05, 0.1) is 5.56 Å². The summed E-state index contributed by atoms with van der Waals surface area (Å²) in [6.45, 7) is 5.46. The Balaban J connectivity index is 1.93. The number of hydrogen-bond donors (Lipinski definition) is 1. The van der Waals surface area contributed by atoms with Crippen LogP contribution in [0.1, 0.15) is 44.2 Å². The minimum atomic E-state index is -4.24. The molecular weight excluding hydrogens is 275 g/mol.